The van der Waals surface area contributed by atoms with E-state index in [1.165, 1.54) is 26.2 Å². The number of hydrogen-bond donors (Lipinski definition) is 1. The molecule has 204 valence electrons. The first kappa shape index (κ1) is 27.6. The molecule has 4 rings (SSSR count). The van der Waals surface area contributed by atoms with Crippen LogP contribution >= 0.6 is 11.3 Å². The second-order valence-corrected chi connectivity index (χ2v) is 9.58. The van der Waals surface area contributed by atoms with Crippen LogP contribution in [0.25, 0.3) is 5.76 Å². The van der Waals surface area contributed by atoms with Crippen LogP contribution in [0.5, 0.6) is 17.2 Å². The molecule has 0 radical (unpaired) electrons. The maximum Gasteiger partial charge on any atom is 0.350 e. The molecule has 0 bridgehead atoms. The van der Waals surface area contributed by atoms with Gasteiger partial charge < -0.3 is 24.1 Å². The molecule has 1 amide bonds. The number of anilines is 1. The molecule has 10 nitrogen and oxygen atoms in total. The maximum atomic E-state index is 13.5. The zero-order valence-corrected chi connectivity index (χ0v) is 23.2. The highest BCUT2D eigenvalue weighted by molar-refractivity contribution is 7.17. The number of amides is 1. The van der Waals surface area contributed by atoms with Crippen molar-refractivity contribution in [3.63, 3.8) is 0 Å². The van der Waals surface area contributed by atoms with Gasteiger partial charge in [0.05, 0.1) is 45.2 Å². The summed E-state index contributed by atoms with van der Waals surface area (Å²) >= 11 is 0.922. The Balaban J connectivity index is 1.96. The van der Waals surface area contributed by atoms with Gasteiger partial charge in [-0.1, -0.05) is 17.4 Å². The highest BCUT2D eigenvalue weighted by Crippen LogP contribution is 2.45. The maximum absolute atomic E-state index is 13.5. The quantitative estimate of drug-likeness (QED) is 0.185. The van der Waals surface area contributed by atoms with Crippen molar-refractivity contribution in [1.82, 2.24) is 4.98 Å². The Morgan fingerprint density at radius 2 is 1.72 bits per heavy atom. The van der Waals surface area contributed by atoms with Gasteiger partial charge in [0, 0.05) is 5.56 Å². The average molecular weight is 553 g/mol. The van der Waals surface area contributed by atoms with Crippen LogP contribution in [0.1, 0.15) is 45.0 Å². The van der Waals surface area contributed by atoms with Gasteiger partial charge in [-0.15, -0.1) is 0 Å². The van der Waals surface area contributed by atoms with Crippen LogP contribution < -0.4 is 19.1 Å². The normalized spacial score (nSPS) is 16.4. The van der Waals surface area contributed by atoms with Crippen molar-refractivity contribution in [1.29, 1.82) is 0 Å². The predicted octanol–water partition coefficient (Wildman–Crippen LogP) is 4.59. The first-order valence-electron chi connectivity index (χ1n) is 12.0. The summed E-state index contributed by atoms with van der Waals surface area (Å²) in [5, 5.41) is 11.5. The predicted molar refractivity (Wildman–Crippen MR) is 145 cm³/mol. The topological polar surface area (TPSA) is 124 Å². The number of ether oxygens (including phenoxy) is 4. The van der Waals surface area contributed by atoms with E-state index in [0.717, 1.165) is 16.9 Å². The molecule has 1 aliphatic heterocycles. The van der Waals surface area contributed by atoms with E-state index in [4.69, 9.17) is 18.9 Å². The van der Waals surface area contributed by atoms with Gasteiger partial charge in [-0.3, -0.25) is 14.5 Å². The van der Waals surface area contributed by atoms with E-state index in [0.29, 0.717) is 40.7 Å². The SMILES string of the molecule is CCOc1ccc([C@H]2/C(=C(\O)c3ccc(OC)c(C)c3)C(=O)C(=O)N2c2nc(C)c(C(=O)OC)s2)cc1OC. The molecule has 1 fully saturated rings. The number of rotatable bonds is 8. The summed E-state index contributed by atoms with van der Waals surface area (Å²) in [5.41, 5.74) is 1.74. The average Bonchev–Trinajstić information content (AvgIpc) is 3.44. The lowest BCUT2D eigenvalue weighted by molar-refractivity contribution is -0.132. The number of carbonyl (C=O) groups is 3. The van der Waals surface area contributed by atoms with Crippen LogP contribution in [-0.4, -0.2) is 55.7 Å². The lowest BCUT2D eigenvalue weighted by Gasteiger charge is -2.24. The smallest absolute Gasteiger partial charge is 0.350 e. The summed E-state index contributed by atoms with van der Waals surface area (Å²) < 4.78 is 21.3. The van der Waals surface area contributed by atoms with Crippen LogP contribution in [-0.2, 0) is 14.3 Å². The molecule has 2 heterocycles. The third kappa shape index (κ3) is 4.92. The molecule has 0 spiro atoms. The first-order valence-corrected chi connectivity index (χ1v) is 12.8. The number of aromatic nitrogens is 1. The summed E-state index contributed by atoms with van der Waals surface area (Å²) in [6.07, 6.45) is 0. The highest BCUT2D eigenvalue weighted by Gasteiger charge is 2.48. The van der Waals surface area contributed by atoms with Crippen molar-refractivity contribution in [3.05, 3.63) is 69.2 Å². The number of hydrogen-bond acceptors (Lipinski definition) is 10. The van der Waals surface area contributed by atoms with Gasteiger partial charge in [0.25, 0.3) is 5.78 Å². The summed E-state index contributed by atoms with van der Waals surface area (Å²) in [7, 11) is 4.26. The van der Waals surface area contributed by atoms with Crippen LogP contribution in [0.4, 0.5) is 5.13 Å². The van der Waals surface area contributed by atoms with Gasteiger partial charge in [0.2, 0.25) is 0 Å². The molecule has 0 saturated carbocycles. The number of Topliss-reactive ketones (excluding diaryl/α,β-unsaturated/α-hetero) is 1. The summed E-state index contributed by atoms with van der Waals surface area (Å²) in [4.78, 5) is 45.1. The monoisotopic (exact) mass is 552 g/mol. The van der Waals surface area contributed by atoms with E-state index in [2.05, 4.69) is 4.98 Å². The molecule has 0 unspecified atom stereocenters. The number of benzene rings is 2. The third-order valence-corrected chi connectivity index (χ3v) is 7.41. The minimum atomic E-state index is -1.08. The van der Waals surface area contributed by atoms with E-state index in [-0.39, 0.29) is 21.3 Å². The van der Waals surface area contributed by atoms with Crippen molar-refractivity contribution >= 4 is 39.9 Å². The second kappa shape index (κ2) is 11.2. The van der Waals surface area contributed by atoms with Crippen molar-refractivity contribution in [2.75, 3.05) is 32.8 Å². The summed E-state index contributed by atoms with van der Waals surface area (Å²) in [6, 6.07) is 8.86. The van der Waals surface area contributed by atoms with Crippen molar-refractivity contribution < 1.29 is 38.4 Å². The largest absolute Gasteiger partial charge is 0.507 e. The summed E-state index contributed by atoms with van der Waals surface area (Å²) in [6.45, 7) is 5.65. The van der Waals surface area contributed by atoms with Gasteiger partial charge >= 0.3 is 11.9 Å². The Morgan fingerprint density at radius 1 is 1.03 bits per heavy atom. The molecule has 1 saturated heterocycles. The number of carbonyl (C=O) groups excluding carboxylic acids is 3. The molecule has 1 N–H and O–H groups in total. The third-order valence-electron chi connectivity index (χ3n) is 6.28. The van der Waals surface area contributed by atoms with Crippen LogP contribution in [0.3, 0.4) is 0 Å². The number of esters is 1. The lowest BCUT2D eigenvalue weighted by atomic mass is 9.94. The van der Waals surface area contributed by atoms with Crippen molar-refractivity contribution in [2.45, 2.75) is 26.8 Å². The molecule has 1 aromatic heterocycles. The van der Waals surface area contributed by atoms with Crippen LogP contribution in [0.15, 0.2) is 42.0 Å². The Hall–Kier alpha value is -4.38. The number of thiazole rings is 1. The van der Waals surface area contributed by atoms with E-state index < -0.39 is 23.7 Å². The molecule has 0 aliphatic carbocycles. The summed E-state index contributed by atoms with van der Waals surface area (Å²) in [5.74, 6) is -1.30. The van der Waals surface area contributed by atoms with Gasteiger partial charge in [0.15, 0.2) is 16.6 Å². The Morgan fingerprint density at radius 3 is 2.33 bits per heavy atom. The van der Waals surface area contributed by atoms with Gasteiger partial charge in [-0.25, -0.2) is 9.78 Å². The minimum absolute atomic E-state index is 0.109. The number of aliphatic hydroxyl groups excluding tert-OH is 1. The molecule has 2 aromatic carbocycles. The molecule has 1 aliphatic rings. The van der Waals surface area contributed by atoms with Gasteiger partial charge in [-0.2, -0.15) is 0 Å². The van der Waals surface area contributed by atoms with Crippen molar-refractivity contribution in [3.8, 4) is 17.2 Å². The second-order valence-electron chi connectivity index (χ2n) is 8.60. The van der Waals surface area contributed by atoms with E-state index in [1.54, 1.807) is 50.2 Å². The van der Waals surface area contributed by atoms with Gasteiger partial charge in [-0.05, 0) is 62.2 Å². The molecule has 3 aromatic rings. The fourth-order valence-corrected chi connectivity index (χ4v) is 5.43. The van der Waals surface area contributed by atoms with Gasteiger partial charge in [0.1, 0.15) is 16.4 Å². The zero-order chi connectivity index (χ0) is 28.4. The highest BCUT2D eigenvalue weighted by atomic mass is 32.1. The number of ketones is 1. The molecule has 39 heavy (non-hydrogen) atoms. The fourth-order valence-electron chi connectivity index (χ4n) is 4.42. The first-order chi connectivity index (χ1) is 18.7. The van der Waals surface area contributed by atoms with Crippen LogP contribution in [0, 0.1) is 13.8 Å². The van der Waals surface area contributed by atoms with Crippen molar-refractivity contribution in [2.24, 2.45) is 0 Å². The fraction of sp³-hybridized carbons (Fsp3) is 0.286. The number of aryl methyl sites for hydroxylation is 2. The van der Waals surface area contributed by atoms with E-state index in [1.807, 2.05) is 6.92 Å². The van der Waals surface area contributed by atoms with Crippen LogP contribution in [0.2, 0.25) is 0 Å². The molecule has 1 atom stereocenters. The standard InChI is InChI=1S/C28H28N2O8S/c1-7-38-19-11-8-16(13-20(19)36-5)22-21(23(31)17-9-10-18(35-4)14(2)12-17)24(32)26(33)30(22)28-29-15(3)25(39-28)27(34)37-6/h8-13,22,31H,7H2,1-6H3/b23-21+/t22-/m0/s1. The molecular weight excluding hydrogens is 524 g/mol. The van der Waals surface area contributed by atoms with E-state index in [9.17, 15) is 19.5 Å². The lowest BCUT2D eigenvalue weighted by Crippen LogP contribution is -2.29. The number of methoxy groups -OCH3 is 3. The Kier molecular flexibility index (Phi) is 7.91. The Bertz CT molecular complexity index is 1490. The number of nitrogens with zero attached hydrogens (tertiary/aromatic N) is 2. The number of aliphatic hydroxyl groups is 1. The minimum Gasteiger partial charge on any atom is -0.507 e. The Labute approximate surface area is 229 Å². The molecule has 11 heteroatoms. The molecular formula is C28H28N2O8S. The zero-order valence-electron chi connectivity index (χ0n) is 22.4. The van der Waals surface area contributed by atoms with E-state index >= 15 is 0 Å².